The quantitative estimate of drug-likeness (QED) is 0.841. The highest BCUT2D eigenvalue weighted by Gasteiger charge is 2.64. The summed E-state index contributed by atoms with van der Waals surface area (Å²) in [7, 11) is -1.49. The molecule has 0 aromatic heterocycles. The van der Waals surface area contributed by atoms with E-state index in [1.54, 1.807) is 7.05 Å². The molecule has 1 aromatic rings. The van der Waals surface area contributed by atoms with Gasteiger partial charge in [-0.15, -0.1) is 0 Å². The van der Waals surface area contributed by atoms with Gasteiger partial charge in [0.25, 0.3) is 0 Å². The van der Waals surface area contributed by atoms with Gasteiger partial charge in [-0.05, 0) is 38.0 Å². The summed E-state index contributed by atoms with van der Waals surface area (Å²) in [5.41, 5.74) is -2.05. The summed E-state index contributed by atoms with van der Waals surface area (Å²) in [4.78, 5) is 1.48. The number of aliphatic hydroxyl groups is 1. The summed E-state index contributed by atoms with van der Waals surface area (Å²) in [5.74, 6) is -2.15. The van der Waals surface area contributed by atoms with Crippen LogP contribution < -0.4 is 9.47 Å². The number of benzene rings is 1. The van der Waals surface area contributed by atoms with Crippen molar-refractivity contribution in [2.45, 2.75) is 36.4 Å². The summed E-state index contributed by atoms with van der Waals surface area (Å²) in [6, 6.07) is -3.49. The molecule has 4 nitrogen and oxygen atoms in total. The molecule has 5 rings (SSSR count). The van der Waals surface area contributed by atoms with E-state index < -0.39 is 66.5 Å². The average Bonchev–Trinajstić information content (AvgIpc) is 2.98. The van der Waals surface area contributed by atoms with Crippen LogP contribution in [0, 0.1) is 5.92 Å². The Morgan fingerprint density at radius 3 is 3.45 bits per heavy atom. The van der Waals surface area contributed by atoms with E-state index in [9.17, 15) is 2.74 Å². The van der Waals surface area contributed by atoms with Crippen LogP contribution in [-0.4, -0.2) is 50.2 Å². The molecule has 2 heterocycles. The van der Waals surface area contributed by atoms with Gasteiger partial charge in [-0.3, -0.25) is 0 Å². The first-order valence-electron chi connectivity index (χ1n) is 12.6. The molecule has 22 heavy (non-hydrogen) atoms. The second-order valence-corrected chi connectivity index (χ2v) is 6.05. The third kappa shape index (κ3) is 1.28. The Kier molecular flexibility index (Phi) is 1.14. The first-order valence-corrected chi connectivity index (χ1v) is 7.14. The number of hydrogen-bond acceptors (Lipinski definition) is 4. The van der Waals surface area contributed by atoms with E-state index in [2.05, 4.69) is 5.11 Å². The highest BCUT2D eigenvalue weighted by molar-refractivity contribution is 5.62. The summed E-state index contributed by atoms with van der Waals surface area (Å²) in [5, 5.41) is 4.64. The van der Waals surface area contributed by atoms with E-state index >= 15 is 0 Å². The normalized spacial score (nSPS) is 61.1. The number of likely N-dealkylation sites (N-methyl/N-ethyl adjacent to an activating group) is 1. The maximum atomic E-state index is 9.31. The van der Waals surface area contributed by atoms with E-state index in [1.165, 1.54) is 11.0 Å². The second kappa shape index (κ2) is 4.06. The fraction of sp³-hybridized carbons (Fsp3) is 0.556. The van der Waals surface area contributed by atoms with E-state index in [1.807, 2.05) is 0 Å². The standard InChI is InChI=1S/C18H21NO3/c1-19-8-7-18-11-4-5-13(20)17(18)22-16-14(21-2)6-3-10(15(16)18)9-12(11)19/h3-6,11-13,17,20H,7-9H2,1-2H3/t11-,12+,13?,17?,18-/m0/s1/i2D3,3D,6D,9D2,12D,13D,17D,20D. The number of likely N-dealkylation sites (tertiary alicyclic amines) is 1. The zero-order valence-electron chi connectivity index (χ0n) is 22.8. The number of hydrogen-bond donors (Lipinski definition) is 1. The van der Waals surface area contributed by atoms with Crippen LogP contribution in [0.25, 0.3) is 0 Å². The van der Waals surface area contributed by atoms with Gasteiger partial charge in [0.15, 0.2) is 11.5 Å². The van der Waals surface area contributed by atoms with Crippen LogP contribution in [0.5, 0.6) is 11.5 Å². The summed E-state index contributed by atoms with van der Waals surface area (Å²) >= 11 is 0. The predicted octanol–water partition coefficient (Wildman–Crippen LogP) is 1.50. The van der Waals surface area contributed by atoms with Crippen molar-refractivity contribution in [3.8, 4) is 11.5 Å². The minimum Gasteiger partial charge on any atom is -0.493 e. The summed E-state index contributed by atoms with van der Waals surface area (Å²) in [6.45, 7) is 0.121. The van der Waals surface area contributed by atoms with E-state index in [-0.39, 0.29) is 24.1 Å². The number of rotatable bonds is 2. The van der Waals surface area contributed by atoms with Gasteiger partial charge >= 0.3 is 0 Å². The zero-order valence-corrected chi connectivity index (χ0v) is 11.8. The summed E-state index contributed by atoms with van der Waals surface area (Å²) in [6.07, 6.45) is -4.88. The van der Waals surface area contributed by atoms with Crippen LogP contribution in [0.15, 0.2) is 24.2 Å². The van der Waals surface area contributed by atoms with Gasteiger partial charge in [0.2, 0.25) is 1.43 Å². The van der Waals surface area contributed by atoms with Crippen molar-refractivity contribution in [1.29, 1.82) is 1.43 Å². The lowest BCUT2D eigenvalue weighted by Gasteiger charge is -2.56. The first kappa shape index (κ1) is 6.17. The van der Waals surface area contributed by atoms with Crippen molar-refractivity contribution in [3.63, 3.8) is 0 Å². The minimum absolute atomic E-state index is 0.0539. The van der Waals surface area contributed by atoms with Crippen LogP contribution >= 0.6 is 0 Å². The SMILES string of the molecule is [2H]OC1([2H])C=C[C@@H]2[C@@]34CCN(C)[C@]2([2H])C([2H])([2H])c2c([2H])c([2H])c(OC([2H])([2H])[2H])c(c23)OC14[2H]. The smallest absolute Gasteiger partial charge is 0.211 e. The Balaban J connectivity index is 1.98. The number of nitrogens with zero attached hydrogens (tertiary/aromatic N) is 1. The third-order valence-electron chi connectivity index (χ3n) is 5.14. The van der Waals surface area contributed by atoms with Crippen molar-refractivity contribution in [2.24, 2.45) is 5.92 Å². The molecule has 1 spiro atoms. The maximum absolute atomic E-state index is 9.31. The van der Waals surface area contributed by atoms with E-state index in [0.29, 0.717) is 0 Å². The Morgan fingerprint density at radius 2 is 2.59 bits per heavy atom. The van der Waals surface area contributed by atoms with Crippen molar-refractivity contribution in [2.75, 3.05) is 20.6 Å². The van der Waals surface area contributed by atoms with Gasteiger partial charge in [0, 0.05) is 27.0 Å². The lowest BCUT2D eigenvalue weighted by Crippen LogP contribution is -2.64. The second-order valence-electron chi connectivity index (χ2n) is 6.05. The molecule has 2 aliphatic carbocycles. The predicted molar refractivity (Wildman–Crippen MR) is 82.5 cm³/mol. The molecule has 1 aromatic carbocycles. The molecular weight excluding hydrogens is 278 g/mol. The van der Waals surface area contributed by atoms with Crippen LogP contribution in [0.4, 0.5) is 0 Å². The molecule has 1 N–H and O–H groups in total. The van der Waals surface area contributed by atoms with Crippen LogP contribution in [0.1, 0.15) is 31.3 Å². The fourth-order valence-corrected chi connectivity index (χ4v) is 4.17. The van der Waals surface area contributed by atoms with Crippen LogP contribution in [-0.2, 0) is 11.8 Å². The molecule has 0 saturated carbocycles. The lowest BCUT2D eigenvalue weighted by molar-refractivity contribution is -0.0453. The van der Waals surface area contributed by atoms with Crippen LogP contribution in [0.2, 0.25) is 0 Å². The fourth-order valence-electron chi connectivity index (χ4n) is 4.17. The number of piperidine rings is 1. The van der Waals surface area contributed by atoms with Gasteiger partial charge in [0.1, 0.15) is 12.2 Å². The molecule has 116 valence electrons. The molecule has 0 radical (unpaired) electrons. The van der Waals surface area contributed by atoms with Gasteiger partial charge in [-0.2, -0.15) is 0 Å². The molecule has 2 unspecified atom stereocenters. The zero-order chi connectivity index (χ0) is 24.6. The highest BCUT2D eigenvalue weighted by Crippen LogP contribution is 2.62. The lowest BCUT2D eigenvalue weighted by atomic mass is 9.53. The van der Waals surface area contributed by atoms with Crippen LogP contribution in [0.3, 0.4) is 0 Å². The van der Waals surface area contributed by atoms with Crippen molar-refractivity contribution >= 4 is 0 Å². The highest BCUT2D eigenvalue weighted by atomic mass is 16.5. The molecule has 0 amide bonds. The average molecular weight is 310 g/mol. The Labute approximate surface area is 145 Å². The molecule has 4 heteroatoms. The van der Waals surface area contributed by atoms with E-state index in [4.69, 9.17) is 21.9 Å². The topological polar surface area (TPSA) is 41.9 Å². The number of methoxy groups -OCH3 is 1. The van der Waals surface area contributed by atoms with Crippen molar-refractivity contribution in [3.05, 3.63) is 35.4 Å². The van der Waals surface area contributed by atoms with Gasteiger partial charge in [-0.25, -0.2) is 0 Å². The molecule has 2 aliphatic heterocycles. The van der Waals surface area contributed by atoms with Gasteiger partial charge < -0.3 is 19.5 Å². The monoisotopic (exact) mass is 310 g/mol. The molecule has 5 atom stereocenters. The van der Waals surface area contributed by atoms with Gasteiger partial charge in [-0.1, -0.05) is 18.2 Å². The molecule has 1 fully saturated rings. The Bertz CT molecular complexity index is 1110. The third-order valence-corrected chi connectivity index (χ3v) is 5.14. The largest absolute Gasteiger partial charge is 0.493 e. The number of ether oxygens (including phenoxy) is 2. The maximum Gasteiger partial charge on any atom is 0.211 e. The minimum atomic E-state index is -3.04. The Morgan fingerprint density at radius 1 is 1.64 bits per heavy atom. The Hall–Kier alpha value is -1.52. The van der Waals surface area contributed by atoms with Crippen molar-refractivity contribution in [1.82, 2.24) is 4.90 Å². The van der Waals surface area contributed by atoms with Crippen molar-refractivity contribution < 1.29 is 28.3 Å². The van der Waals surface area contributed by atoms with Gasteiger partial charge in [0.05, 0.1) is 16.6 Å². The summed E-state index contributed by atoms with van der Waals surface area (Å²) < 4.78 is 103. The molecule has 4 aliphatic rings. The van der Waals surface area contributed by atoms with E-state index in [0.717, 1.165) is 6.08 Å². The first-order chi connectivity index (χ1) is 15.0. The molecule has 2 bridgehead atoms. The molecular formula is C18H21NO3. The molecule has 1 saturated heterocycles.